The number of hydrogen-bond donors (Lipinski definition) is 1. The molecule has 2 aliphatic heterocycles. The van der Waals surface area contributed by atoms with Crippen LogP contribution in [0.5, 0.6) is 11.5 Å². The summed E-state index contributed by atoms with van der Waals surface area (Å²) >= 11 is 0. The van der Waals surface area contributed by atoms with Gasteiger partial charge in [-0.05, 0) is 62.9 Å². The second kappa shape index (κ2) is 10.6. The van der Waals surface area contributed by atoms with Crippen LogP contribution in [0.15, 0.2) is 42.5 Å². The first-order valence-corrected chi connectivity index (χ1v) is 12.6. The molecule has 3 amide bonds. The molecule has 2 aromatic carbocycles. The van der Waals surface area contributed by atoms with Crippen LogP contribution in [-0.4, -0.2) is 48.5 Å². The first kappa shape index (κ1) is 25.5. The summed E-state index contributed by atoms with van der Waals surface area (Å²) in [7, 11) is 1.60. The molecule has 2 unspecified atom stereocenters. The minimum absolute atomic E-state index is 0.0237. The third-order valence-electron chi connectivity index (χ3n) is 7.06. The van der Waals surface area contributed by atoms with Crippen molar-refractivity contribution in [3.05, 3.63) is 53.6 Å². The van der Waals surface area contributed by atoms with Gasteiger partial charge in [-0.25, -0.2) is 0 Å². The molecule has 2 atom stereocenters. The summed E-state index contributed by atoms with van der Waals surface area (Å²) in [5, 5.41) is 3.03. The maximum atomic E-state index is 13.3. The number of ether oxygens (including phenoxy) is 2. The number of carbonyl (C=O) groups excluding carboxylic acids is 3. The van der Waals surface area contributed by atoms with Gasteiger partial charge in [0.25, 0.3) is 5.91 Å². The van der Waals surface area contributed by atoms with Crippen LogP contribution in [0.1, 0.15) is 74.8 Å². The molecule has 8 heteroatoms. The molecule has 1 N–H and O–H groups in total. The third kappa shape index (κ3) is 4.76. The highest BCUT2D eigenvalue weighted by atomic mass is 16.5. The molecule has 2 aromatic rings. The third-order valence-corrected chi connectivity index (χ3v) is 7.06. The number of benzene rings is 2. The summed E-state index contributed by atoms with van der Waals surface area (Å²) in [6.45, 7) is 6.91. The van der Waals surface area contributed by atoms with E-state index in [1.165, 1.54) is 0 Å². The van der Waals surface area contributed by atoms with Crippen LogP contribution in [-0.2, 0) is 9.59 Å². The van der Waals surface area contributed by atoms with E-state index in [9.17, 15) is 14.4 Å². The highest BCUT2D eigenvalue weighted by Gasteiger charge is 2.52. The fraction of sp³-hybridized carbons (Fsp3) is 0.464. The average molecular weight is 494 g/mol. The van der Waals surface area contributed by atoms with Gasteiger partial charge in [-0.15, -0.1) is 0 Å². The van der Waals surface area contributed by atoms with Crippen molar-refractivity contribution >= 4 is 23.4 Å². The predicted molar refractivity (Wildman–Crippen MR) is 137 cm³/mol. The van der Waals surface area contributed by atoms with Crippen molar-refractivity contribution in [3.63, 3.8) is 0 Å². The van der Waals surface area contributed by atoms with E-state index in [4.69, 9.17) is 9.47 Å². The summed E-state index contributed by atoms with van der Waals surface area (Å²) in [5.41, 5.74) is 1.42. The Kier molecular flexibility index (Phi) is 7.52. The van der Waals surface area contributed by atoms with E-state index >= 15 is 0 Å². The van der Waals surface area contributed by atoms with E-state index in [-0.39, 0.29) is 30.2 Å². The Bertz CT molecular complexity index is 1150. The van der Waals surface area contributed by atoms with Gasteiger partial charge < -0.3 is 19.7 Å². The highest BCUT2D eigenvalue weighted by Crippen LogP contribution is 2.44. The molecule has 1 saturated heterocycles. The molecule has 0 aromatic heterocycles. The van der Waals surface area contributed by atoms with Gasteiger partial charge in [0.2, 0.25) is 11.8 Å². The van der Waals surface area contributed by atoms with E-state index in [1.807, 2.05) is 57.2 Å². The normalized spacial score (nSPS) is 19.6. The molecule has 2 aliphatic rings. The molecule has 2 heterocycles. The van der Waals surface area contributed by atoms with E-state index in [0.717, 1.165) is 12.0 Å². The Morgan fingerprint density at radius 2 is 1.94 bits per heavy atom. The average Bonchev–Trinajstić information content (AvgIpc) is 3.19. The van der Waals surface area contributed by atoms with E-state index in [1.54, 1.807) is 23.0 Å². The molecule has 4 rings (SSSR count). The van der Waals surface area contributed by atoms with Gasteiger partial charge in [0.1, 0.15) is 5.66 Å². The minimum Gasteiger partial charge on any atom is -0.493 e. The smallest absolute Gasteiger partial charge is 0.257 e. The predicted octanol–water partition coefficient (Wildman–Crippen LogP) is 4.44. The molecule has 0 saturated carbocycles. The van der Waals surface area contributed by atoms with Crippen molar-refractivity contribution in [2.24, 2.45) is 0 Å². The number of rotatable bonds is 10. The van der Waals surface area contributed by atoms with Crippen molar-refractivity contribution in [2.45, 2.75) is 64.6 Å². The Morgan fingerprint density at radius 1 is 1.17 bits per heavy atom. The first-order chi connectivity index (χ1) is 17.3. The standard InChI is InChI=1S/C28H35N3O5/c1-5-17-36-23-13-12-20(18-24(23)35-4)19(2)29-25(32)11-8-16-30-27(34)21-9-6-7-10-22(21)31-26(33)14-15-28(30,31)3/h6-7,9-10,12-13,18-19H,5,8,11,14-17H2,1-4H3,(H,29,32). The summed E-state index contributed by atoms with van der Waals surface area (Å²) in [5.74, 6) is 1.15. The van der Waals surface area contributed by atoms with Crippen LogP contribution in [0, 0.1) is 0 Å². The van der Waals surface area contributed by atoms with E-state index < -0.39 is 5.66 Å². The van der Waals surface area contributed by atoms with Crippen molar-refractivity contribution in [1.82, 2.24) is 10.2 Å². The zero-order chi connectivity index (χ0) is 25.9. The summed E-state index contributed by atoms with van der Waals surface area (Å²) in [4.78, 5) is 42.3. The SMILES string of the molecule is CCCOc1ccc(C(C)NC(=O)CCCN2C(=O)c3ccccc3N3C(=O)CCC23C)cc1OC. The van der Waals surface area contributed by atoms with Gasteiger partial charge >= 0.3 is 0 Å². The zero-order valence-corrected chi connectivity index (χ0v) is 21.5. The lowest BCUT2D eigenvalue weighted by molar-refractivity contribution is -0.122. The molecule has 0 aliphatic carbocycles. The number of methoxy groups -OCH3 is 1. The number of nitrogens with zero attached hydrogens (tertiary/aromatic N) is 2. The van der Waals surface area contributed by atoms with Gasteiger partial charge in [0.15, 0.2) is 11.5 Å². The summed E-state index contributed by atoms with van der Waals surface area (Å²) in [6, 6.07) is 12.7. The lowest BCUT2D eigenvalue weighted by atomic mass is 9.98. The molecule has 0 radical (unpaired) electrons. The molecule has 192 valence electrons. The molecule has 0 spiro atoms. The highest BCUT2D eigenvalue weighted by molar-refractivity contribution is 6.10. The number of carbonyl (C=O) groups is 3. The van der Waals surface area contributed by atoms with Gasteiger partial charge in [0, 0.05) is 19.4 Å². The van der Waals surface area contributed by atoms with Crippen molar-refractivity contribution in [3.8, 4) is 11.5 Å². The van der Waals surface area contributed by atoms with Crippen LogP contribution in [0.3, 0.4) is 0 Å². The number of amides is 3. The number of anilines is 1. The maximum absolute atomic E-state index is 13.3. The second-order valence-electron chi connectivity index (χ2n) is 9.57. The van der Waals surface area contributed by atoms with Crippen LogP contribution in [0.25, 0.3) is 0 Å². The van der Waals surface area contributed by atoms with E-state index in [2.05, 4.69) is 5.32 Å². The van der Waals surface area contributed by atoms with Gasteiger partial charge in [-0.3, -0.25) is 19.3 Å². The quantitative estimate of drug-likeness (QED) is 0.529. The van der Waals surface area contributed by atoms with Crippen LogP contribution < -0.4 is 19.7 Å². The number of fused-ring (bicyclic) bond motifs is 3. The summed E-state index contributed by atoms with van der Waals surface area (Å²) < 4.78 is 11.2. The van der Waals surface area contributed by atoms with Crippen LogP contribution >= 0.6 is 0 Å². The lowest BCUT2D eigenvalue weighted by Gasteiger charge is -2.48. The first-order valence-electron chi connectivity index (χ1n) is 12.6. The molecular formula is C28H35N3O5. The number of para-hydroxylation sites is 1. The monoisotopic (exact) mass is 493 g/mol. The lowest BCUT2D eigenvalue weighted by Crippen LogP contribution is -2.62. The Balaban J connectivity index is 1.37. The van der Waals surface area contributed by atoms with Crippen LogP contribution in [0.2, 0.25) is 0 Å². The van der Waals surface area contributed by atoms with E-state index in [0.29, 0.717) is 55.2 Å². The largest absolute Gasteiger partial charge is 0.493 e. The fourth-order valence-electron chi connectivity index (χ4n) is 5.12. The molecule has 1 fully saturated rings. The Labute approximate surface area is 212 Å². The molecule has 0 bridgehead atoms. The fourth-order valence-corrected chi connectivity index (χ4v) is 5.12. The van der Waals surface area contributed by atoms with Crippen molar-refractivity contribution in [2.75, 3.05) is 25.2 Å². The van der Waals surface area contributed by atoms with Crippen molar-refractivity contribution < 1.29 is 23.9 Å². The van der Waals surface area contributed by atoms with Crippen molar-refractivity contribution in [1.29, 1.82) is 0 Å². The topological polar surface area (TPSA) is 88.2 Å². The Morgan fingerprint density at radius 3 is 2.69 bits per heavy atom. The van der Waals surface area contributed by atoms with Gasteiger partial charge in [-0.2, -0.15) is 0 Å². The number of nitrogens with one attached hydrogen (secondary N) is 1. The Hall–Kier alpha value is -3.55. The summed E-state index contributed by atoms with van der Waals surface area (Å²) in [6.07, 6.45) is 2.65. The van der Waals surface area contributed by atoms with Crippen LogP contribution in [0.4, 0.5) is 5.69 Å². The number of hydrogen-bond acceptors (Lipinski definition) is 5. The molecular weight excluding hydrogens is 458 g/mol. The minimum atomic E-state index is -0.704. The zero-order valence-electron chi connectivity index (χ0n) is 21.5. The van der Waals surface area contributed by atoms with Gasteiger partial charge in [0.05, 0.1) is 31.0 Å². The molecule has 36 heavy (non-hydrogen) atoms. The second-order valence-corrected chi connectivity index (χ2v) is 9.57. The maximum Gasteiger partial charge on any atom is 0.257 e. The van der Waals surface area contributed by atoms with Gasteiger partial charge in [-0.1, -0.05) is 25.1 Å². The molecule has 8 nitrogen and oxygen atoms in total.